The summed E-state index contributed by atoms with van der Waals surface area (Å²) in [5.41, 5.74) is 0. The van der Waals surface area contributed by atoms with Crippen LogP contribution in [0.4, 0.5) is 0 Å². The van der Waals surface area contributed by atoms with Gasteiger partial charge < -0.3 is 19.2 Å². The van der Waals surface area contributed by atoms with Gasteiger partial charge in [-0.3, -0.25) is 0 Å². The predicted molar refractivity (Wildman–Crippen MR) is 60.0 cm³/mol. The molecule has 0 amide bonds. The third-order valence-electron chi connectivity index (χ3n) is 3.15. The van der Waals surface area contributed by atoms with Gasteiger partial charge in [-0.1, -0.05) is 0 Å². The van der Waals surface area contributed by atoms with Gasteiger partial charge in [0.25, 0.3) is 0 Å². The highest BCUT2D eigenvalue weighted by molar-refractivity contribution is 8.08. The van der Waals surface area contributed by atoms with Crippen LogP contribution >= 0.6 is 14.5 Å². The average Bonchev–Trinajstić information content (AvgIpc) is 2.57. The van der Waals surface area contributed by atoms with E-state index in [1.165, 1.54) is 0 Å². The summed E-state index contributed by atoms with van der Waals surface area (Å²) in [6.45, 7) is -3.82. The first-order chi connectivity index (χ1) is 7.25. The Hall–Kier alpha value is 0.680. The molecule has 16 heavy (non-hydrogen) atoms. The van der Waals surface area contributed by atoms with E-state index in [1.807, 2.05) is 0 Å². The SMILES string of the molecule is O=P(O)(O)OP(O)(=S)OC1CC2CCC1C2. The Morgan fingerprint density at radius 1 is 1.19 bits per heavy atom. The van der Waals surface area contributed by atoms with Gasteiger partial charge in [0.1, 0.15) is 0 Å². The molecule has 0 spiro atoms. The fourth-order valence-corrected chi connectivity index (χ4v) is 5.58. The van der Waals surface area contributed by atoms with Gasteiger partial charge in [0.05, 0.1) is 6.10 Å². The first kappa shape index (κ1) is 13.1. The maximum absolute atomic E-state index is 10.6. The summed E-state index contributed by atoms with van der Waals surface area (Å²) < 4.78 is 19.9. The number of hydrogen-bond acceptors (Lipinski definition) is 4. The Morgan fingerprint density at radius 3 is 2.31 bits per heavy atom. The van der Waals surface area contributed by atoms with Gasteiger partial charge in [-0.25, -0.2) is 8.88 Å². The third-order valence-corrected chi connectivity index (χ3v) is 6.22. The minimum absolute atomic E-state index is 0.207. The molecule has 2 aliphatic carbocycles. The Morgan fingerprint density at radius 2 is 1.88 bits per heavy atom. The summed E-state index contributed by atoms with van der Waals surface area (Å²) in [5, 5.41) is 0. The van der Waals surface area contributed by atoms with Gasteiger partial charge in [0.15, 0.2) is 0 Å². The Bertz CT molecular complexity index is 368. The van der Waals surface area contributed by atoms with E-state index in [4.69, 9.17) is 14.3 Å². The van der Waals surface area contributed by atoms with Crippen LogP contribution in [-0.4, -0.2) is 20.8 Å². The molecule has 0 aliphatic heterocycles. The summed E-state index contributed by atoms with van der Waals surface area (Å²) in [6.07, 6.45) is 3.84. The van der Waals surface area contributed by atoms with E-state index in [2.05, 4.69) is 16.1 Å². The van der Waals surface area contributed by atoms with Crippen molar-refractivity contribution < 1.29 is 28.1 Å². The van der Waals surface area contributed by atoms with Crippen LogP contribution in [0.2, 0.25) is 0 Å². The minimum Gasteiger partial charge on any atom is -0.324 e. The Balaban J connectivity index is 1.94. The smallest absolute Gasteiger partial charge is 0.324 e. The fourth-order valence-electron chi connectivity index (χ4n) is 2.64. The topological polar surface area (TPSA) is 96.2 Å². The van der Waals surface area contributed by atoms with Crippen molar-refractivity contribution in [3.05, 3.63) is 0 Å². The average molecular weight is 288 g/mol. The largest absolute Gasteiger partial charge is 0.476 e. The molecule has 0 aromatic heterocycles. The van der Waals surface area contributed by atoms with Crippen molar-refractivity contribution in [2.24, 2.45) is 11.8 Å². The van der Waals surface area contributed by atoms with Gasteiger partial charge in [-0.15, -0.1) is 0 Å². The van der Waals surface area contributed by atoms with Crippen LogP contribution in [0.1, 0.15) is 25.7 Å². The molecule has 0 aromatic carbocycles. The van der Waals surface area contributed by atoms with Crippen molar-refractivity contribution in [2.45, 2.75) is 31.8 Å². The van der Waals surface area contributed by atoms with Crippen molar-refractivity contribution in [2.75, 3.05) is 0 Å². The molecule has 2 rings (SSSR count). The fraction of sp³-hybridized carbons (Fsp3) is 1.00. The normalized spacial score (nSPS) is 37.6. The molecular formula is C7H14O6P2S. The van der Waals surface area contributed by atoms with Crippen LogP contribution in [0.25, 0.3) is 0 Å². The highest BCUT2D eigenvalue weighted by Crippen LogP contribution is 2.61. The van der Waals surface area contributed by atoms with E-state index >= 15 is 0 Å². The Kier molecular flexibility index (Phi) is 3.62. The zero-order valence-corrected chi connectivity index (χ0v) is 11.0. The van der Waals surface area contributed by atoms with Crippen LogP contribution in [0.5, 0.6) is 0 Å². The monoisotopic (exact) mass is 288 g/mol. The molecule has 94 valence electrons. The number of rotatable bonds is 4. The van der Waals surface area contributed by atoms with Crippen molar-refractivity contribution in [3.63, 3.8) is 0 Å². The highest BCUT2D eigenvalue weighted by Gasteiger charge is 2.43. The molecular weight excluding hydrogens is 274 g/mol. The molecule has 4 atom stereocenters. The zero-order valence-electron chi connectivity index (χ0n) is 8.43. The molecule has 0 heterocycles. The van der Waals surface area contributed by atoms with Gasteiger partial charge >= 0.3 is 14.5 Å². The quantitative estimate of drug-likeness (QED) is 0.675. The van der Waals surface area contributed by atoms with E-state index in [1.54, 1.807) is 0 Å². The van der Waals surface area contributed by atoms with Crippen LogP contribution in [0.15, 0.2) is 0 Å². The minimum atomic E-state index is -4.79. The molecule has 2 fully saturated rings. The van der Waals surface area contributed by atoms with Crippen molar-refractivity contribution >= 4 is 26.3 Å². The van der Waals surface area contributed by atoms with E-state index in [9.17, 15) is 9.46 Å². The summed E-state index contributed by atoms with van der Waals surface area (Å²) >= 11 is 4.57. The zero-order chi connectivity index (χ0) is 12.0. The summed E-state index contributed by atoms with van der Waals surface area (Å²) in [4.78, 5) is 26.7. The van der Waals surface area contributed by atoms with Crippen molar-refractivity contribution in [1.29, 1.82) is 0 Å². The molecule has 0 saturated heterocycles. The molecule has 2 aliphatic rings. The third kappa shape index (κ3) is 3.34. The molecule has 9 heteroatoms. The molecule has 4 unspecified atom stereocenters. The Labute approximate surface area is 98.5 Å². The second kappa shape index (κ2) is 4.41. The first-order valence-corrected chi connectivity index (χ1v) is 9.15. The van der Waals surface area contributed by atoms with E-state index in [0.29, 0.717) is 11.8 Å². The lowest BCUT2D eigenvalue weighted by Gasteiger charge is -2.26. The maximum Gasteiger partial charge on any atom is 0.476 e. The van der Waals surface area contributed by atoms with E-state index in [0.717, 1.165) is 25.7 Å². The second-order valence-corrected chi connectivity index (χ2v) is 8.53. The van der Waals surface area contributed by atoms with Crippen molar-refractivity contribution in [3.8, 4) is 0 Å². The van der Waals surface area contributed by atoms with Crippen LogP contribution < -0.4 is 0 Å². The van der Waals surface area contributed by atoms with E-state index < -0.39 is 14.5 Å². The molecule has 2 saturated carbocycles. The van der Waals surface area contributed by atoms with Gasteiger partial charge in [-0.2, -0.15) is 0 Å². The van der Waals surface area contributed by atoms with E-state index in [-0.39, 0.29) is 6.10 Å². The molecule has 3 N–H and O–H groups in total. The molecule has 0 radical (unpaired) electrons. The lowest BCUT2D eigenvalue weighted by atomic mass is 9.98. The van der Waals surface area contributed by atoms with Gasteiger partial charge in [-0.05, 0) is 49.3 Å². The lowest BCUT2D eigenvalue weighted by molar-refractivity contribution is 0.114. The molecule has 0 aromatic rings. The number of phosphoric acid groups is 1. The van der Waals surface area contributed by atoms with Crippen LogP contribution in [0.3, 0.4) is 0 Å². The standard InChI is InChI=1S/C7H14O6P2S/c8-14(9,10)13-15(11,16)12-7-4-5-1-2-6(7)3-5/h5-7H,1-4H2,(H,11,16)(H2,8,9,10). The second-order valence-electron chi connectivity index (χ2n) is 4.36. The molecule has 2 bridgehead atoms. The van der Waals surface area contributed by atoms with Crippen molar-refractivity contribution in [1.82, 2.24) is 0 Å². The van der Waals surface area contributed by atoms with Gasteiger partial charge in [0.2, 0.25) is 0 Å². The highest BCUT2D eigenvalue weighted by atomic mass is 32.5. The lowest BCUT2D eigenvalue weighted by Crippen LogP contribution is -2.19. The summed E-state index contributed by atoms with van der Waals surface area (Å²) in [6, 6.07) is 0. The predicted octanol–water partition coefficient (Wildman–Crippen LogP) is 1.52. The maximum atomic E-state index is 10.6. The van der Waals surface area contributed by atoms with Gasteiger partial charge in [0, 0.05) is 0 Å². The summed E-state index contributed by atoms with van der Waals surface area (Å²) in [7, 11) is -4.79. The van der Waals surface area contributed by atoms with Crippen LogP contribution in [0, 0.1) is 11.8 Å². The van der Waals surface area contributed by atoms with Crippen LogP contribution in [-0.2, 0) is 25.2 Å². The first-order valence-electron chi connectivity index (χ1n) is 5.03. The molecule has 6 nitrogen and oxygen atoms in total. The summed E-state index contributed by atoms with van der Waals surface area (Å²) in [5.74, 6) is 0.944. The number of hydrogen-bond donors (Lipinski definition) is 3. The number of fused-ring (bicyclic) bond motifs is 2.